The van der Waals surface area contributed by atoms with Crippen LogP contribution in [0, 0.1) is 30.1 Å². The Hall–Kier alpha value is -0.480. The number of rotatable bonds is 4. The first kappa shape index (κ1) is 13.6. The van der Waals surface area contributed by atoms with Gasteiger partial charge in [0.1, 0.15) is 0 Å². The van der Waals surface area contributed by atoms with Gasteiger partial charge in [-0.25, -0.2) is 0 Å². The standard InChI is InChI=1S/C15H26O/c1-5-6-7-10-15(16)11-13(4)8-9-14(15)12(2)3/h1,12-14,16H,6-11H2,2-4H3. The normalized spacial score (nSPS) is 35.0. The largest absolute Gasteiger partial charge is 0.390 e. The summed E-state index contributed by atoms with van der Waals surface area (Å²) in [6, 6.07) is 0. The maximum atomic E-state index is 10.8. The fraction of sp³-hybridized carbons (Fsp3) is 0.867. The van der Waals surface area contributed by atoms with E-state index >= 15 is 0 Å². The second kappa shape index (κ2) is 5.73. The van der Waals surface area contributed by atoms with Crippen molar-refractivity contribution >= 4 is 0 Å². The first-order valence-electron chi connectivity index (χ1n) is 6.65. The molecule has 1 fully saturated rings. The lowest BCUT2D eigenvalue weighted by Gasteiger charge is -2.45. The summed E-state index contributed by atoms with van der Waals surface area (Å²) in [5, 5.41) is 10.8. The first-order chi connectivity index (χ1) is 7.49. The number of aliphatic hydroxyl groups is 1. The third-order valence-corrected chi connectivity index (χ3v) is 4.10. The van der Waals surface area contributed by atoms with Crippen LogP contribution in [0.2, 0.25) is 0 Å². The highest BCUT2D eigenvalue weighted by atomic mass is 16.3. The molecular formula is C15H26O. The molecule has 0 aromatic heterocycles. The number of hydrogen-bond acceptors (Lipinski definition) is 1. The highest BCUT2D eigenvalue weighted by Gasteiger charge is 2.41. The Bertz CT molecular complexity index is 251. The molecule has 92 valence electrons. The fourth-order valence-electron chi connectivity index (χ4n) is 3.33. The summed E-state index contributed by atoms with van der Waals surface area (Å²) < 4.78 is 0. The zero-order chi connectivity index (χ0) is 12.2. The molecular weight excluding hydrogens is 196 g/mol. The van der Waals surface area contributed by atoms with E-state index in [4.69, 9.17) is 6.42 Å². The molecule has 0 radical (unpaired) electrons. The molecule has 0 heterocycles. The molecule has 3 atom stereocenters. The molecule has 0 saturated heterocycles. The van der Waals surface area contributed by atoms with Crippen LogP contribution in [0.5, 0.6) is 0 Å². The van der Waals surface area contributed by atoms with Crippen LogP contribution in [0.1, 0.15) is 59.3 Å². The van der Waals surface area contributed by atoms with Gasteiger partial charge in [-0.1, -0.05) is 27.2 Å². The molecule has 0 bridgehead atoms. The van der Waals surface area contributed by atoms with Crippen molar-refractivity contribution in [2.75, 3.05) is 0 Å². The third-order valence-electron chi connectivity index (χ3n) is 4.10. The van der Waals surface area contributed by atoms with E-state index in [1.54, 1.807) is 0 Å². The van der Waals surface area contributed by atoms with E-state index in [2.05, 4.69) is 26.7 Å². The van der Waals surface area contributed by atoms with Gasteiger partial charge in [-0.2, -0.15) is 0 Å². The fourth-order valence-corrected chi connectivity index (χ4v) is 3.33. The van der Waals surface area contributed by atoms with Gasteiger partial charge in [0, 0.05) is 6.42 Å². The molecule has 1 aliphatic rings. The summed E-state index contributed by atoms with van der Waals surface area (Å²) in [7, 11) is 0. The average molecular weight is 222 g/mol. The summed E-state index contributed by atoms with van der Waals surface area (Å²) in [5.41, 5.74) is -0.456. The third kappa shape index (κ3) is 3.25. The van der Waals surface area contributed by atoms with E-state index in [1.165, 1.54) is 12.8 Å². The number of hydrogen-bond donors (Lipinski definition) is 1. The lowest BCUT2D eigenvalue weighted by Crippen LogP contribution is -2.45. The summed E-state index contributed by atoms with van der Waals surface area (Å²) in [6.45, 7) is 6.71. The van der Waals surface area contributed by atoms with Crippen molar-refractivity contribution in [1.29, 1.82) is 0 Å². The molecule has 1 aliphatic carbocycles. The molecule has 1 heteroatoms. The van der Waals surface area contributed by atoms with Gasteiger partial charge in [-0.05, 0) is 43.4 Å². The predicted molar refractivity (Wildman–Crippen MR) is 69.0 cm³/mol. The van der Waals surface area contributed by atoms with Crippen LogP contribution >= 0.6 is 0 Å². The molecule has 3 unspecified atom stereocenters. The quantitative estimate of drug-likeness (QED) is 0.569. The maximum Gasteiger partial charge on any atom is 0.0681 e. The van der Waals surface area contributed by atoms with Gasteiger partial charge in [0.2, 0.25) is 0 Å². The van der Waals surface area contributed by atoms with Gasteiger partial charge >= 0.3 is 0 Å². The van der Waals surface area contributed by atoms with Crippen molar-refractivity contribution in [1.82, 2.24) is 0 Å². The predicted octanol–water partition coefficient (Wildman–Crippen LogP) is 3.61. The minimum absolute atomic E-state index is 0.456. The Balaban J connectivity index is 2.64. The molecule has 0 amide bonds. The van der Waals surface area contributed by atoms with Crippen molar-refractivity contribution in [3.63, 3.8) is 0 Å². The van der Waals surface area contributed by atoms with Crippen molar-refractivity contribution in [3.8, 4) is 12.3 Å². The van der Waals surface area contributed by atoms with Gasteiger partial charge < -0.3 is 5.11 Å². The number of terminal acetylenes is 1. The molecule has 1 saturated carbocycles. The minimum Gasteiger partial charge on any atom is -0.390 e. The van der Waals surface area contributed by atoms with Crippen LogP contribution in [0.4, 0.5) is 0 Å². The Morgan fingerprint density at radius 3 is 2.69 bits per heavy atom. The van der Waals surface area contributed by atoms with E-state index in [9.17, 15) is 5.11 Å². The van der Waals surface area contributed by atoms with Crippen molar-refractivity contribution in [2.24, 2.45) is 17.8 Å². The van der Waals surface area contributed by atoms with Crippen molar-refractivity contribution in [2.45, 2.75) is 64.9 Å². The van der Waals surface area contributed by atoms with Crippen molar-refractivity contribution in [3.05, 3.63) is 0 Å². The van der Waals surface area contributed by atoms with Gasteiger partial charge in [0.25, 0.3) is 0 Å². The number of unbranched alkanes of at least 4 members (excludes halogenated alkanes) is 1. The zero-order valence-corrected chi connectivity index (χ0v) is 11.0. The molecule has 0 aromatic rings. The zero-order valence-electron chi connectivity index (χ0n) is 11.0. The Kier molecular flexibility index (Phi) is 4.87. The van der Waals surface area contributed by atoms with Crippen LogP contribution in [-0.4, -0.2) is 10.7 Å². The molecule has 0 aromatic carbocycles. The van der Waals surface area contributed by atoms with Gasteiger partial charge in [0.15, 0.2) is 0 Å². The highest BCUT2D eigenvalue weighted by Crippen LogP contribution is 2.43. The van der Waals surface area contributed by atoms with Gasteiger partial charge in [-0.3, -0.25) is 0 Å². The highest BCUT2D eigenvalue weighted by molar-refractivity contribution is 4.94. The molecule has 0 aliphatic heterocycles. The second-order valence-corrected chi connectivity index (χ2v) is 5.90. The average Bonchev–Trinajstić information content (AvgIpc) is 2.16. The van der Waals surface area contributed by atoms with E-state index in [0.29, 0.717) is 17.8 Å². The summed E-state index contributed by atoms with van der Waals surface area (Å²) in [6.07, 6.45) is 11.3. The van der Waals surface area contributed by atoms with E-state index < -0.39 is 5.60 Å². The molecule has 1 N–H and O–H groups in total. The Labute approximate surface area is 101 Å². The maximum absolute atomic E-state index is 10.8. The lowest BCUT2D eigenvalue weighted by molar-refractivity contribution is -0.0866. The SMILES string of the molecule is C#CCCCC1(O)CC(C)CCC1C(C)C. The Morgan fingerprint density at radius 1 is 1.44 bits per heavy atom. The van der Waals surface area contributed by atoms with Crippen LogP contribution in [-0.2, 0) is 0 Å². The van der Waals surface area contributed by atoms with Crippen LogP contribution in [0.25, 0.3) is 0 Å². The van der Waals surface area contributed by atoms with Crippen LogP contribution in [0.3, 0.4) is 0 Å². The van der Waals surface area contributed by atoms with Crippen LogP contribution < -0.4 is 0 Å². The topological polar surface area (TPSA) is 20.2 Å². The molecule has 1 rings (SSSR count). The second-order valence-electron chi connectivity index (χ2n) is 5.90. The molecule has 16 heavy (non-hydrogen) atoms. The Morgan fingerprint density at radius 2 is 2.12 bits per heavy atom. The summed E-state index contributed by atoms with van der Waals surface area (Å²) >= 11 is 0. The summed E-state index contributed by atoms with van der Waals surface area (Å²) in [4.78, 5) is 0. The van der Waals surface area contributed by atoms with Gasteiger partial charge in [-0.15, -0.1) is 12.3 Å². The van der Waals surface area contributed by atoms with Gasteiger partial charge in [0.05, 0.1) is 5.60 Å². The van der Waals surface area contributed by atoms with E-state index in [1.807, 2.05) is 0 Å². The van der Waals surface area contributed by atoms with Crippen molar-refractivity contribution < 1.29 is 5.11 Å². The molecule has 0 spiro atoms. The van der Waals surface area contributed by atoms with E-state index in [-0.39, 0.29) is 0 Å². The molecule has 1 nitrogen and oxygen atoms in total. The lowest BCUT2D eigenvalue weighted by atomic mass is 9.65. The smallest absolute Gasteiger partial charge is 0.0681 e. The first-order valence-corrected chi connectivity index (χ1v) is 6.65. The monoisotopic (exact) mass is 222 g/mol. The van der Waals surface area contributed by atoms with Crippen LogP contribution in [0.15, 0.2) is 0 Å². The summed E-state index contributed by atoms with van der Waals surface area (Å²) in [5.74, 6) is 4.36. The minimum atomic E-state index is -0.456. The van der Waals surface area contributed by atoms with E-state index in [0.717, 1.165) is 25.7 Å².